The van der Waals surface area contributed by atoms with Crippen molar-refractivity contribution >= 4 is 23.6 Å². The molecule has 0 radical (unpaired) electrons. The number of anilines is 1. The van der Waals surface area contributed by atoms with Gasteiger partial charge < -0.3 is 14.2 Å². The standard InChI is InChI=1S/C26H24N2O5/c29-25-24(26(30)28(27-25)21-7-3-1-4-8-21)19-20-11-13-23(14-12-20)33-18-16-31-15-17-32-22-9-5-2-6-10-22/h1-14,19H,15-18H2,(H,27,29)/b24-19-. The van der Waals surface area contributed by atoms with E-state index in [1.165, 1.54) is 5.01 Å². The Hall–Kier alpha value is -4.10. The first kappa shape index (κ1) is 22.1. The molecule has 1 aliphatic heterocycles. The molecule has 4 rings (SSSR count). The van der Waals surface area contributed by atoms with Gasteiger partial charge in [0.1, 0.15) is 30.3 Å². The number of benzene rings is 3. The molecule has 0 unspecified atom stereocenters. The molecule has 3 aromatic carbocycles. The van der Waals surface area contributed by atoms with E-state index in [1.807, 2.05) is 36.4 Å². The molecule has 1 fully saturated rings. The number of ether oxygens (including phenoxy) is 3. The molecule has 0 saturated carbocycles. The number of carbonyl (C=O) groups is 2. The molecular formula is C26H24N2O5. The molecule has 0 bridgehead atoms. The topological polar surface area (TPSA) is 77.1 Å². The van der Waals surface area contributed by atoms with E-state index in [1.54, 1.807) is 54.6 Å². The Morgan fingerprint density at radius 3 is 1.91 bits per heavy atom. The Morgan fingerprint density at radius 2 is 1.27 bits per heavy atom. The summed E-state index contributed by atoms with van der Waals surface area (Å²) in [4.78, 5) is 24.9. The zero-order chi connectivity index (χ0) is 22.9. The molecule has 7 nitrogen and oxygen atoms in total. The fraction of sp³-hybridized carbons (Fsp3) is 0.154. The second-order valence-electron chi connectivity index (χ2n) is 7.17. The van der Waals surface area contributed by atoms with Crippen LogP contribution in [0.1, 0.15) is 5.56 Å². The Kier molecular flexibility index (Phi) is 7.35. The van der Waals surface area contributed by atoms with Gasteiger partial charge >= 0.3 is 0 Å². The Morgan fingerprint density at radius 1 is 0.697 bits per heavy atom. The number of hydrazine groups is 1. The minimum atomic E-state index is -0.433. The highest BCUT2D eigenvalue weighted by atomic mass is 16.5. The number of para-hydroxylation sites is 2. The number of amides is 2. The van der Waals surface area contributed by atoms with Gasteiger partial charge in [0.25, 0.3) is 11.8 Å². The second-order valence-corrected chi connectivity index (χ2v) is 7.17. The van der Waals surface area contributed by atoms with Gasteiger partial charge in [0.15, 0.2) is 0 Å². The third-order valence-corrected chi connectivity index (χ3v) is 4.83. The summed E-state index contributed by atoms with van der Waals surface area (Å²) in [6.07, 6.45) is 1.57. The highest BCUT2D eigenvalue weighted by Crippen LogP contribution is 2.22. The van der Waals surface area contributed by atoms with Crippen LogP contribution >= 0.6 is 0 Å². The van der Waals surface area contributed by atoms with Crippen LogP contribution < -0.4 is 19.9 Å². The van der Waals surface area contributed by atoms with Gasteiger partial charge in [0.2, 0.25) is 0 Å². The van der Waals surface area contributed by atoms with Crippen molar-refractivity contribution in [1.82, 2.24) is 5.43 Å². The minimum Gasteiger partial charge on any atom is -0.491 e. The van der Waals surface area contributed by atoms with Crippen molar-refractivity contribution < 1.29 is 23.8 Å². The Bertz CT molecular complexity index is 1100. The maximum Gasteiger partial charge on any atom is 0.282 e. The molecule has 7 heteroatoms. The summed E-state index contributed by atoms with van der Waals surface area (Å²) in [5.41, 5.74) is 4.01. The van der Waals surface area contributed by atoms with Crippen molar-refractivity contribution in [3.63, 3.8) is 0 Å². The largest absolute Gasteiger partial charge is 0.491 e. The minimum absolute atomic E-state index is 0.0821. The molecule has 2 amide bonds. The summed E-state index contributed by atoms with van der Waals surface area (Å²) in [7, 11) is 0. The van der Waals surface area contributed by atoms with E-state index in [2.05, 4.69) is 5.43 Å². The molecular weight excluding hydrogens is 420 g/mol. The average Bonchev–Trinajstić information content (AvgIpc) is 3.14. The first-order chi connectivity index (χ1) is 16.2. The number of carbonyl (C=O) groups excluding carboxylic acids is 2. The van der Waals surface area contributed by atoms with Gasteiger partial charge in [-0.1, -0.05) is 48.5 Å². The number of nitrogens with zero attached hydrogens (tertiary/aromatic N) is 1. The molecule has 0 atom stereocenters. The van der Waals surface area contributed by atoms with E-state index in [0.717, 1.165) is 11.3 Å². The summed E-state index contributed by atoms with van der Waals surface area (Å²) >= 11 is 0. The third kappa shape index (κ3) is 5.99. The van der Waals surface area contributed by atoms with Crippen LogP contribution in [0.4, 0.5) is 5.69 Å². The SMILES string of the molecule is O=C1NN(c2ccccc2)C(=O)/C1=C\c1ccc(OCCOCCOc2ccccc2)cc1. The first-order valence-corrected chi connectivity index (χ1v) is 10.6. The maximum absolute atomic E-state index is 12.6. The summed E-state index contributed by atoms with van der Waals surface area (Å²) in [6, 6.07) is 25.7. The predicted octanol–water partition coefficient (Wildman–Crippen LogP) is 3.62. The molecule has 168 valence electrons. The van der Waals surface area contributed by atoms with E-state index >= 15 is 0 Å². The monoisotopic (exact) mass is 444 g/mol. The van der Waals surface area contributed by atoms with Crippen LogP contribution in [-0.4, -0.2) is 38.2 Å². The quantitative estimate of drug-likeness (QED) is 0.294. The van der Waals surface area contributed by atoms with Gasteiger partial charge in [0.05, 0.1) is 18.9 Å². The summed E-state index contributed by atoms with van der Waals surface area (Å²) in [5, 5.41) is 1.25. The normalized spacial score (nSPS) is 14.4. The Balaban J connectivity index is 1.22. The molecule has 3 aromatic rings. The lowest BCUT2D eigenvalue weighted by atomic mass is 10.1. The van der Waals surface area contributed by atoms with Gasteiger partial charge in [-0.15, -0.1) is 0 Å². The highest BCUT2D eigenvalue weighted by Gasteiger charge is 2.34. The van der Waals surface area contributed by atoms with Crippen LogP contribution in [0.25, 0.3) is 6.08 Å². The van der Waals surface area contributed by atoms with E-state index in [4.69, 9.17) is 14.2 Å². The van der Waals surface area contributed by atoms with Crippen molar-refractivity contribution in [2.24, 2.45) is 0 Å². The van der Waals surface area contributed by atoms with Gasteiger partial charge in [-0.25, -0.2) is 5.01 Å². The average molecular weight is 444 g/mol. The molecule has 0 aromatic heterocycles. The van der Waals surface area contributed by atoms with Crippen molar-refractivity contribution in [1.29, 1.82) is 0 Å². The second kappa shape index (κ2) is 11.0. The van der Waals surface area contributed by atoms with Gasteiger partial charge in [-0.3, -0.25) is 15.0 Å². The zero-order valence-corrected chi connectivity index (χ0v) is 18.0. The van der Waals surface area contributed by atoms with Gasteiger partial charge in [-0.05, 0) is 48.0 Å². The fourth-order valence-electron chi connectivity index (χ4n) is 3.20. The molecule has 1 heterocycles. The lowest BCUT2D eigenvalue weighted by molar-refractivity contribution is -0.117. The summed E-state index contributed by atoms with van der Waals surface area (Å²) in [6.45, 7) is 1.79. The molecule has 0 spiro atoms. The zero-order valence-electron chi connectivity index (χ0n) is 18.0. The van der Waals surface area contributed by atoms with Crippen LogP contribution in [0.2, 0.25) is 0 Å². The number of hydrogen-bond acceptors (Lipinski definition) is 5. The van der Waals surface area contributed by atoms with Gasteiger partial charge in [-0.2, -0.15) is 0 Å². The molecule has 1 saturated heterocycles. The van der Waals surface area contributed by atoms with Crippen molar-refractivity contribution in [3.05, 3.63) is 96.1 Å². The van der Waals surface area contributed by atoms with Gasteiger partial charge in [0, 0.05) is 0 Å². The highest BCUT2D eigenvalue weighted by molar-refractivity contribution is 6.31. The smallest absolute Gasteiger partial charge is 0.282 e. The van der Waals surface area contributed by atoms with E-state index in [9.17, 15) is 9.59 Å². The van der Waals surface area contributed by atoms with E-state index in [-0.39, 0.29) is 11.5 Å². The Labute approximate surface area is 192 Å². The van der Waals surface area contributed by atoms with Crippen LogP contribution in [0, 0.1) is 0 Å². The van der Waals surface area contributed by atoms with E-state index < -0.39 is 5.91 Å². The molecule has 0 aliphatic carbocycles. The molecule has 33 heavy (non-hydrogen) atoms. The maximum atomic E-state index is 12.6. The fourth-order valence-corrected chi connectivity index (χ4v) is 3.20. The molecule has 1 N–H and O–H groups in total. The lowest BCUT2D eigenvalue weighted by Gasteiger charge is -2.13. The van der Waals surface area contributed by atoms with Crippen molar-refractivity contribution in [2.75, 3.05) is 31.4 Å². The lowest BCUT2D eigenvalue weighted by Crippen LogP contribution is -2.35. The van der Waals surface area contributed by atoms with Crippen LogP contribution in [0.3, 0.4) is 0 Å². The van der Waals surface area contributed by atoms with E-state index in [0.29, 0.717) is 37.9 Å². The van der Waals surface area contributed by atoms with Crippen LogP contribution in [0.15, 0.2) is 90.5 Å². The number of rotatable bonds is 10. The van der Waals surface area contributed by atoms with Crippen molar-refractivity contribution in [2.45, 2.75) is 0 Å². The number of hydrogen-bond donors (Lipinski definition) is 1. The first-order valence-electron chi connectivity index (χ1n) is 10.6. The predicted molar refractivity (Wildman–Crippen MR) is 125 cm³/mol. The van der Waals surface area contributed by atoms with Crippen LogP contribution in [-0.2, 0) is 14.3 Å². The summed E-state index contributed by atoms with van der Waals surface area (Å²) < 4.78 is 16.7. The number of nitrogens with one attached hydrogen (secondary N) is 1. The summed E-state index contributed by atoms with van der Waals surface area (Å²) in [5.74, 6) is 0.670. The molecule has 1 aliphatic rings. The third-order valence-electron chi connectivity index (χ3n) is 4.83. The van der Waals surface area contributed by atoms with Crippen molar-refractivity contribution in [3.8, 4) is 11.5 Å². The van der Waals surface area contributed by atoms with Crippen LogP contribution in [0.5, 0.6) is 11.5 Å².